The van der Waals surface area contributed by atoms with Gasteiger partial charge in [-0.15, -0.1) is 0 Å². The van der Waals surface area contributed by atoms with Crippen LogP contribution in [0.25, 0.3) is 0 Å². The molecule has 180 valence electrons. The van der Waals surface area contributed by atoms with Crippen LogP contribution in [0.1, 0.15) is 42.1 Å². The van der Waals surface area contributed by atoms with Crippen molar-refractivity contribution in [3.05, 3.63) is 16.6 Å². The predicted octanol–water partition coefficient (Wildman–Crippen LogP) is 2.42. The number of rotatable bonds is 6. The van der Waals surface area contributed by atoms with Gasteiger partial charge >= 0.3 is 5.97 Å². The van der Waals surface area contributed by atoms with Crippen LogP contribution >= 0.6 is 11.3 Å². The van der Waals surface area contributed by atoms with Gasteiger partial charge in [0.15, 0.2) is 5.13 Å². The molecule has 2 aromatic heterocycles. The monoisotopic (exact) mass is 475 g/mol. The van der Waals surface area contributed by atoms with Gasteiger partial charge in [0.05, 0.1) is 5.69 Å². The lowest BCUT2D eigenvalue weighted by molar-refractivity contribution is 0.0701. The molecule has 1 unspecified atom stereocenters. The number of likely N-dealkylation sites (N-methyl/N-ethyl adjacent to an activating group) is 1. The highest BCUT2D eigenvalue weighted by atomic mass is 32.1. The lowest BCUT2D eigenvalue weighted by Crippen LogP contribution is -2.58. The topological polar surface area (TPSA) is 118 Å². The van der Waals surface area contributed by atoms with Crippen LogP contribution in [-0.2, 0) is 0 Å². The van der Waals surface area contributed by atoms with E-state index in [4.69, 9.17) is 9.97 Å². The van der Waals surface area contributed by atoms with Crippen LogP contribution in [0.4, 0.5) is 22.7 Å². The molecule has 2 saturated heterocycles. The van der Waals surface area contributed by atoms with E-state index >= 15 is 0 Å². The zero-order valence-electron chi connectivity index (χ0n) is 19.7. The summed E-state index contributed by atoms with van der Waals surface area (Å²) in [5.74, 6) is 1.28. The van der Waals surface area contributed by atoms with E-state index in [2.05, 4.69) is 45.9 Å². The Bertz CT molecular complexity index is 1010. The van der Waals surface area contributed by atoms with Gasteiger partial charge in [-0.1, -0.05) is 11.3 Å². The number of anilines is 4. The highest BCUT2D eigenvalue weighted by Crippen LogP contribution is 2.32. The Hall–Kier alpha value is -2.50. The molecule has 0 aliphatic carbocycles. The standard InChI is InChI=1S/C22H33N7O3S/c1-14-18(19(31)32)33-21(23-14)26-20-24-16(28-7-5-6-15(11-28)12-30)10-17(25-20)29-9-8-27(4)13-22(29,2)3/h10,15,30H,5-9,11-13H2,1-4H3,(H,31,32)(H,23,24,25,26). The van der Waals surface area contributed by atoms with Gasteiger partial charge < -0.3 is 24.9 Å². The first-order valence-electron chi connectivity index (χ1n) is 11.3. The molecule has 0 aromatic carbocycles. The second-order valence-corrected chi connectivity index (χ2v) is 10.6. The van der Waals surface area contributed by atoms with Crippen LogP contribution in [0.3, 0.4) is 0 Å². The summed E-state index contributed by atoms with van der Waals surface area (Å²) in [7, 11) is 2.13. The number of aryl methyl sites for hydroxylation is 1. The highest BCUT2D eigenvalue weighted by molar-refractivity contribution is 7.17. The van der Waals surface area contributed by atoms with Gasteiger partial charge in [-0.3, -0.25) is 5.32 Å². The normalized spacial score (nSPS) is 21.3. The number of carboxylic acid groups (broad SMARTS) is 1. The Kier molecular flexibility index (Phi) is 6.73. The van der Waals surface area contributed by atoms with Crippen LogP contribution in [0, 0.1) is 12.8 Å². The van der Waals surface area contributed by atoms with Crippen LogP contribution in [0.2, 0.25) is 0 Å². The number of nitrogens with zero attached hydrogens (tertiary/aromatic N) is 6. The molecule has 2 fully saturated rings. The molecule has 2 aromatic rings. The minimum Gasteiger partial charge on any atom is -0.477 e. The van der Waals surface area contributed by atoms with E-state index in [9.17, 15) is 15.0 Å². The Labute approximate surface area is 198 Å². The number of aliphatic hydroxyl groups excluding tert-OH is 1. The summed E-state index contributed by atoms with van der Waals surface area (Å²) in [6.45, 7) is 10.6. The fourth-order valence-corrected chi connectivity index (χ4v) is 5.57. The first-order chi connectivity index (χ1) is 15.7. The van der Waals surface area contributed by atoms with E-state index in [1.54, 1.807) is 6.92 Å². The third-order valence-electron chi connectivity index (χ3n) is 6.38. The lowest BCUT2D eigenvalue weighted by Gasteiger charge is -2.47. The second kappa shape index (κ2) is 9.40. The summed E-state index contributed by atoms with van der Waals surface area (Å²) >= 11 is 1.08. The SMILES string of the molecule is Cc1nc(Nc2nc(N3CCCC(CO)C3)cc(N3CCN(C)CC3(C)C)n2)sc1C(=O)O. The van der Waals surface area contributed by atoms with Gasteiger partial charge in [0, 0.05) is 50.9 Å². The van der Waals surface area contributed by atoms with E-state index in [1.807, 2.05) is 6.07 Å². The molecule has 2 aliphatic heterocycles. The molecule has 0 saturated carbocycles. The molecule has 10 nitrogen and oxygen atoms in total. The Balaban J connectivity index is 1.70. The van der Waals surface area contributed by atoms with Gasteiger partial charge in [0.1, 0.15) is 16.5 Å². The Morgan fingerprint density at radius 3 is 2.67 bits per heavy atom. The molecule has 4 rings (SSSR count). The number of nitrogens with one attached hydrogen (secondary N) is 1. The van der Waals surface area contributed by atoms with Crippen molar-refractivity contribution in [2.75, 3.05) is 61.5 Å². The van der Waals surface area contributed by atoms with Crippen LogP contribution < -0.4 is 15.1 Å². The van der Waals surface area contributed by atoms with Crippen molar-refractivity contribution >= 4 is 40.0 Å². The van der Waals surface area contributed by atoms with Crippen LogP contribution in [0.5, 0.6) is 0 Å². The summed E-state index contributed by atoms with van der Waals surface area (Å²) in [5.41, 5.74) is 0.355. The van der Waals surface area contributed by atoms with E-state index in [1.165, 1.54) is 0 Å². The highest BCUT2D eigenvalue weighted by Gasteiger charge is 2.34. The summed E-state index contributed by atoms with van der Waals surface area (Å²) in [6.07, 6.45) is 2.01. The first-order valence-corrected chi connectivity index (χ1v) is 12.2. The quantitative estimate of drug-likeness (QED) is 0.575. The molecule has 0 bridgehead atoms. The van der Waals surface area contributed by atoms with E-state index in [0.717, 1.165) is 68.5 Å². The maximum atomic E-state index is 11.4. The van der Waals surface area contributed by atoms with E-state index in [-0.39, 0.29) is 22.9 Å². The number of aromatic nitrogens is 3. The number of carbonyl (C=O) groups is 1. The third kappa shape index (κ3) is 5.20. The number of piperazine rings is 1. The fourth-order valence-electron chi connectivity index (χ4n) is 4.77. The van der Waals surface area contributed by atoms with Crippen LogP contribution in [0.15, 0.2) is 6.07 Å². The Morgan fingerprint density at radius 1 is 1.24 bits per heavy atom. The molecule has 0 radical (unpaired) electrons. The molecule has 1 atom stereocenters. The van der Waals surface area contributed by atoms with Gasteiger partial charge in [-0.2, -0.15) is 9.97 Å². The zero-order valence-corrected chi connectivity index (χ0v) is 20.5. The van der Waals surface area contributed by atoms with Crippen molar-refractivity contribution in [2.24, 2.45) is 5.92 Å². The summed E-state index contributed by atoms with van der Waals surface area (Å²) in [6, 6.07) is 2.04. The number of aliphatic hydroxyl groups is 1. The van der Waals surface area contributed by atoms with Crippen molar-refractivity contribution in [1.29, 1.82) is 0 Å². The number of aromatic carboxylic acids is 1. The number of carboxylic acids is 1. The second-order valence-electron chi connectivity index (χ2n) is 9.61. The van der Waals surface area contributed by atoms with Gasteiger partial charge in [-0.25, -0.2) is 9.78 Å². The zero-order chi connectivity index (χ0) is 23.8. The molecular formula is C22H33N7O3S. The third-order valence-corrected chi connectivity index (χ3v) is 7.44. The molecular weight excluding hydrogens is 442 g/mol. The molecule has 0 spiro atoms. The maximum Gasteiger partial charge on any atom is 0.347 e. The molecule has 3 N–H and O–H groups in total. The van der Waals surface area contributed by atoms with Gasteiger partial charge in [0.2, 0.25) is 5.95 Å². The maximum absolute atomic E-state index is 11.4. The van der Waals surface area contributed by atoms with Crippen molar-refractivity contribution in [1.82, 2.24) is 19.9 Å². The summed E-state index contributed by atoms with van der Waals surface area (Å²) < 4.78 is 0. The number of hydrogen-bond acceptors (Lipinski definition) is 10. The average Bonchev–Trinajstić information content (AvgIpc) is 3.13. The van der Waals surface area contributed by atoms with Gasteiger partial charge in [-0.05, 0) is 46.6 Å². The number of piperidine rings is 1. The summed E-state index contributed by atoms with van der Waals surface area (Å²) in [4.78, 5) is 32.4. The lowest BCUT2D eigenvalue weighted by atomic mass is 9.98. The first kappa shape index (κ1) is 23.7. The van der Waals surface area contributed by atoms with Gasteiger partial charge in [0.25, 0.3) is 0 Å². The summed E-state index contributed by atoms with van der Waals surface area (Å²) in [5, 5.41) is 22.7. The van der Waals surface area contributed by atoms with Crippen molar-refractivity contribution in [3.8, 4) is 0 Å². The number of hydrogen-bond donors (Lipinski definition) is 3. The molecule has 2 aliphatic rings. The minimum absolute atomic E-state index is 0.111. The largest absolute Gasteiger partial charge is 0.477 e. The number of thiazole rings is 1. The Morgan fingerprint density at radius 2 is 2.00 bits per heavy atom. The molecule has 33 heavy (non-hydrogen) atoms. The van der Waals surface area contributed by atoms with Crippen molar-refractivity contribution in [3.63, 3.8) is 0 Å². The van der Waals surface area contributed by atoms with Crippen molar-refractivity contribution < 1.29 is 15.0 Å². The van der Waals surface area contributed by atoms with E-state index < -0.39 is 5.97 Å². The molecule has 11 heteroatoms. The fraction of sp³-hybridized carbons (Fsp3) is 0.636. The van der Waals surface area contributed by atoms with E-state index in [0.29, 0.717) is 16.8 Å². The molecule has 0 amide bonds. The van der Waals surface area contributed by atoms with Crippen molar-refractivity contribution in [2.45, 2.75) is 39.2 Å². The smallest absolute Gasteiger partial charge is 0.347 e. The molecule has 4 heterocycles. The van der Waals surface area contributed by atoms with Crippen LogP contribution in [-0.4, -0.2) is 88.0 Å². The minimum atomic E-state index is -0.990. The average molecular weight is 476 g/mol. The predicted molar refractivity (Wildman–Crippen MR) is 130 cm³/mol.